The molecule has 0 atom stereocenters. The van der Waals surface area contributed by atoms with Crippen molar-refractivity contribution in [1.29, 1.82) is 0 Å². The Hall–Kier alpha value is -5.28. The number of hydrogen-bond donors (Lipinski definition) is 0. The monoisotopic (exact) mass is 498 g/mol. The third-order valence-electron chi connectivity index (χ3n) is 7.53. The molecular formula is C36H22N2O. The Morgan fingerprint density at radius 1 is 0.513 bits per heavy atom. The Morgan fingerprint density at radius 3 is 2.00 bits per heavy atom. The number of aromatic nitrogens is 2. The first-order valence-electron chi connectivity index (χ1n) is 13.1. The van der Waals surface area contributed by atoms with Crippen LogP contribution in [-0.2, 0) is 0 Å². The van der Waals surface area contributed by atoms with Gasteiger partial charge < -0.3 is 4.42 Å². The van der Waals surface area contributed by atoms with Gasteiger partial charge in [-0.25, -0.2) is 9.97 Å². The van der Waals surface area contributed by atoms with E-state index < -0.39 is 0 Å². The van der Waals surface area contributed by atoms with Crippen LogP contribution in [0.4, 0.5) is 0 Å². The molecule has 39 heavy (non-hydrogen) atoms. The van der Waals surface area contributed by atoms with Crippen LogP contribution in [0.15, 0.2) is 138 Å². The van der Waals surface area contributed by atoms with Gasteiger partial charge in [-0.2, -0.15) is 0 Å². The normalized spacial score (nSPS) is 11.6. The molecule has 0 N–H and O–H groups in total. The zero-order chi connectivity index (χ0) is 25.8. The predicted molar refractivity (Wildman–Crippen MR) is 161 cm³/mol. The van der Waals surface area contributed by atoms with Crippen molar-refractivity contribution in [2.24, 2.45) is 0 Å². The van der Waals surface area contributed by atoms with Crippen LogP contribution >= 0.6 is 0 Å². The molecule has 0 aliphatic carbocycles. The molecule has 0 radical (unpaired) electrons. The third-order valence-corrected chi connectivity index (χ3v) is 7.53. The summed E-state index contributed by atoms with van der Waals surface area (Å²) in [4.78, 5) is 9.72. The highest BCUT2D eigenvalue weighted by Crippen LogP contribution is 2.35. The minimum absolute atomic E-state index is 0.558. The Bertz CT molecular complexity index is 2190. The summed E-state index contributed by atoms with van der Waals surface area (Å²) in [5, 5.41) is 5.81. The summed E-state index contributed by atoms with van der Waals surface area (Å²) in [5.41, 5.74) is 8.68. The zero-order valence-electron chi connectivity index (χ0n) is 21.0. The lowest BCUT2D eigenvalue weighted by Gasteiger charge is -2.10. The SMILES string of the molecule is c1cc(-c2cccc(-c3cccc4ccccc34)c2)cc(-c2cnc3c(n2)oc2ccc4ccccc4c23)c1. The molecule has 0 saturated carbocycles. The summed E-state index contributed by atoms with van der Waals surface area (Å²) < 4.78 is 6.16. The average molecular weight is 499 g/mol. The van der Waals surface area contributed by atoms with Crippen molar-refractivity contribution >= 4 is 43.7 Å². The summed E-state index contributed by atoms with van der Waals surface area (Å²) in [6, 6.07) is 44.6. The van der Waals surface area contributed by atoms with Crippen molar-refractivity contribution in [1.82, 2.24) is 9.97 Å². The first kappa shape index (κ1) is 21.8. The van der Waals surface area contributed by atoms with E-state index in [0.29, 0.717) is 5.71 Å². The lowest BCUT2D eigenvalue weighted by molar-refractivity contribution is 0.654. The first-order valence-corrected chi connectivity index (χ1v) is 13.1. The van der Waals surface area contributed by atoms with Crippen molar-refractivity contribution in [3.05, 3.63) is 134 Å². The molecule has 6 aromatic carbocycles. The molecule has 0 unspecified atom stereocenters. The molecule has 2 aromatic heterocycles. The van der Waals surface area contributed by atoms with E-state index in [4.69, 9.17) is 14.4 Å². The topological polar surface area (TPSA) is 38.9 Å². The van der Waals surface area contributed by atoms with Gasteiger partial charge in [0, 0.05) is 5.56 Å². The van der Waals surface area contributed by atoms with Gasteiger partial charge in [0.2, 0.25) is 5.71 Å². The quantitative estimate of drug-likeness (QED) is 0.243. The highest BCUT2D eigenvalue weighted by Gasteiger charge is 2.14. The first-order chi connectivity index (χ1) is 19.3. The van der Waals surface area contributed by atoms with Gasteiger partial charge in [0.15, 0.2) is 0 Å². The van der Waals surface area contributed by atoms with Crippen LogP contribution in [0.1, 0.15) is 0 Å². The van der Waals surface area contributed by atoms with E-state index in [1.165, 1.54) is 21.9 Å². The molecule has 0 bridgehead atoms. The lowest BCUT2D eigenvalue weighted by Crippen LogP contribution is -1.88. The predicted octanol–water partition coefficient (Wildman–Crippen LogP) is 9.68. The molecule has 3 heteroatoms. The van der Waals surface area contributed by atoms with Gasteiger partial charge in [0.1, 0.15) is 11.1 Å². The molecule has 0 aliphatic heterocycles. The van der Waals surface area contributed by atoms with Crippen LogP contribution in [-0.4, -0.2) is 9.97 Å². The van der Waals surface area contributed by atoms with Crippen molar-refractivity contribution in [2.75, 3.05) is 0 Å². The summed E-state index contributed by atoms with van der Waals surface area (Å²) in [5.74, 6) is 0. The van der Waals surface area contributed by atoms with Gasteiger partial charge in [-0.1, -0.05) is 109 Å². The van der Waals surface area contributed by atoms with Crippen LogP contribution in [0.2, 0.25) is 0 Å². The van der Waals surface area contributed by atoms with Crippen molar-refractivity contribution in [3.63, 3.8) is 0 Å². The molecule has 8 aromatic rings. The summed E-state index contributed by atoms with van der Waals surface area (Å²) in [7, 11) is 0. The van der Waals surface area contributed by atoms with E-state index in [9.17, 15) is 0 Å². The Kier molecular flexibility index (Phi) is 4.82. The standard InChI is InChI=1S/C36H22N2O/c1-3-15-29-23(8-1)10-7-17-30(29)27-13-5-11-25(20-27)26-12-6-14-28(21-26)32-22-37-35-34-31-16-4-2-9-24(31)18-19-33(34)39-36(35)38-32/h1-22H. The number of rotatable bonds is 3. The molecule has 8 rings (SSSR count). The maximum absolute atomic E-state index is 6.16. The maximum Gasteiger partial charge on any atom is 0.246 e. The summed E-state index contributed by atoms with van der Waals surface area (Å²) in [6.45, 7) is 0. The molecule has 0 amide bonds. The van der Waals surface area contributed by atoms with E-state index in [-0.39, 0.29) is 0 Å². The minimum Gasteiger partial charge on any atom is -0.436 e. The second-order valence-corrected chi connectivity index (χ2v) is 9.86. The molecular weight excluding hydrogens is 476 g/mol. The molecule has 182 valence electrons. The van der Waals surface area contributed by atoms with E-state index in [1.54, 1.807) is 0 Å². The number of fused-ring (bicyclic) bond motifs is 6. The summed E-state index contributed by atoms with van der Waals surface area (Å²) >= 11 is 0. The lowest BCUT2D eigenvalue weighted by atomic mass is 9.94. The Balaban J connectivity index is 1.21. The largest absolute Gasteiger partial charge is 0.436 e. The molecule has 2 heterocycles. The molecule has 0 fully saturated rings. The minimum atomic E-state index is 0.558. The van der Waals surface area contributed by atoms with E-state index in [2.05, 4.69) is 109 Å². The second-order valence-electron chi connectivity index (χ2n) is 9.86. The Morgan fingerprint density at radius 2 is 1.15 bits per heavy atom. The van der Waals surface area contributed by atoms with Crippen LogP contribution in [0.25, 0.3) is 77.3 Å². The van der Waals surface area contributed by atoms with E-state index >= 15 is 0 Å². The fourth-order valence-corrected chi connectivity index (χ4v) is 5.64. The Labute approximate surface area is 225 Å². The van der Waals surface area contributed by atoms with E-state index in [0.717, 1.165) is 49.6 Å². The van der Waals surface area contributed by atoms with E-state index in [1.807, 2.05) is 24.4 Å². The van der Waals surface area contributed by atoms with Gasteiger partial charge in [-0.15, -0.1) is 0 Å². The van der Waals surface area contributed by atoms with Crippen LogP contribution in [0, 0.1) is 0 Å². The number of hydrogen-bond acceptors (Lipinski definition) is 3. The molecule has 0 saturated heterocycles. The summed E-state index contributed by atoms with van der Waals surface area (Å²) in [6.07, 6.45) is 1.85. The number of benzene rings is 6. The molecule has 0 aliphatic rings. The van der Waals surface area contributed by atoms with Gasteiger partial charge in [0.05, 0.1) is 17.3 Å². The van der Waals surface area contributed by atoms with Crippen molar-refractivity contribution in [2.45, 2.75) is 0 Å². The third kappa shape index (κ3) is 3.59. The van der Waals surface area contributed by atoms with Gasteiger partial charge in [-0.3, -0.25) is 0 Å². The van der Waals surface area contributed by atoms with Gasteiger partial charge >= 0.3 is 0 Å². The number of nitrogens with zero attached hydrogens (tertiary/aromatic N) is 2. The highest BCUT2D eigenvalue weighted by atomic mass is 16.3. The number of furan rings is 1. The molecule has 0 spiro atoms. The fourth-order valence-electron chi connectivity index (χ4n) is 5.64. The van der Waals surface area contributed by atoms with Gasteiger partial charge in [0.25, 0.3) is 0 Å². The van der Waals surface area contributed by atoms with Crippen molar-refractivity contribution < 1.29 is 4.42 Å². The van der Waals surface area contributed by atoms with Crippen LogP contribution in [0.5, 0.6) is 0 Å². The van der Waals surface area contributed by atoms with Gasteiger partial charge in [-0.05, 0) is 62.0 Å². The maximum atomic E-state index is 6.16. The second kappa shape index (κ2) is 8.64. The van der Waals surface area contributed by atoms with Crippen LogP contribution < -0.4 is 0 Å². The zero-order valence-corrected chi connectivity index (χ0v) is 21.0. The highest BCUT2D eigenvalue weighted by molar-refractivity contribution is 6.16. The smallest absolute Gasteiger partial charge is 0.246 e. The average Bonchev–Trinajstić information content (AvgIpc) is 3.39. The van der Waals surface area contributed by atoms with Crippen LogP contribution in [0.3, 0.4) is 0 Å². The fraction of sp³-hybridized carbons (Fsp3) is 0. The van der Waals surface area contributed by atoms with Crippen molar-refractivity contribution in [3.8, 4) is 33.5 Å². The molecule has 3 nitrogen and oxygen atoms in total.